The highest BCUT2D eigenvalue weighted by molar-refractivity contribution is 4.80. The summed E-state index contributed by atoms with van der Waals surface area (Å²) in [4.78, 5) is 0. The van der Waals surface area contributed by atoms with Crippen LogP contribution in [0.2, 0.25) is 0 Å². The van der Waals surface area contributed by atoms with Crippen LogP contribution in [0.25, 0.3) is 0 Å². The largest absolute Gasteiger partial charge is 0.393 e. The molecule has 1 heteroatoms. The first kappa shape index (κ1) is 14.7. The fourth-order valence-electron chi connectivity index (χ4n) is 1.73. The van der Waals surface area contributed by atoms with Crippen LogP contribution in [0.15, 0.2) is 12.7 Å². The summed E-state index contributed by atoms with van der Waals surface area (Å²) in [6.07, 6.45) is 11.8. The molecule has 0 aromatic heterocycles. The van der Waals surface area contributed by atoms with Crippen molar-refractivity contribution in [3.63, 3.8) is 0 Å². The van der Waals surface area contributed by atoms with Crippen molar-refractivity contribution >= 4 is 0 Å². The molecule has 0 radical (unpaired) electrons. The number of rotatable bonds is 10. The minimum atomic E-state index is -0.182. The molecule has 0 aromatic rings. The smallest absolute Gasteiger partial charge is 0.0600 e. The van der Waals surface area contributed by atoms with E-state index in [0.29, 0.717) is 0 Å². The maximum absolute atomic E-state index is 9.69. The van der Waals surface area contributed by atoms with Crippen LogP contribution in [0, 0.1) is 5.92 Å². The monoisotopic (exact) mass is 212 g/mol. The maximum Gasteiger partial charge on any atom is 0.0600 e. The van der Waals surface area contributed by atoms with Crippen molar-refractivity contribution < 1.29 is 5.11 Å². The molecule has 0 heterocycles. The Morgan fingerprint density at radius 2 is 1.60 bits per heavy atom. The molecule has 0 saturated carbocycles. The van der Waals surface area contributed by atoms with Gasteiger partial charge in [0.1, 0.15) is 0 Å². The van der Waals surface area contributed by atoms with Crippen molar-refractivity contribution in [3.05, 3.63) is 12.7 Å². The molecule has 0 aromatic carbocycles. The zero-order chi connectivity index (χ0) is 11.5. The lowest BCUT2D eigenvalue weighted by molar-refractivity contribution is 0.125. The summed E-state index contributed by atoms with van der Waals surface area (Å²) in [7, 11) is 0. The van der Waals surface area contributed by atoms with Crippen LogP contribution in [0.1, 0.15) is 65.2 Å². The predicted molar refractivity (Wildman–Crippen MR) is 68.0 cm³/mol. The first-order valence-corrected chi connectivity index (χ1v) is 6.53. The van der Waals surface area contributed by atoms with E-state index in [4.69, 9.17) is 0 Å². The minimum Gasteiger partial charge on any atom is -0.393 e. The molecule has 0 rings (SSSR count). The predicted octanol–water partition coefficient (Wildman–Crippen LogP) is 4.31. The molecule has 90 valence electrons. The van der Waals surface area contributed by atoms with E-state index < -0.39 is 0 Å². The zero-order valence-electron chi connectivity index (χ0n) is 10.5. The summed E-state index contributed by atoms with van der Waals surface area (Å²) in [6, 6.07) is 0. The van der Waals surface area contributed by atoms with Crippen molar-refractivity contribution in [1.29, 1.82) is 0 Å². The first-order chi connectivity index (χ1) is 7.22. The Labute approximate surface area is 95.6 Å². The Morgan fingerprint density at radius 1 is 1.07 bits per heavy atom. The van der Waals surface area contributed by atoms with Gasteiger partial charge in [-0.1, -0.05) is 64.9 Å². The van der Waals surface area contributed by atoms with Crippen LogP contribution in [-0.4, -0.2) is 11.2 Å². The molecular formula is C14H28O. The van der Waals surface area contributed by atoms with E-state index in [0.717, 1.165) is 12.8 Å². The van der Waals surface area contributed by atoms with Crippen molar-refractivity contribution in [3.8, 4) is 0 Å². The summed E-state index contributed by atoms with van der Waals surface area (Å²) in [5, 5.41) is 9.69. The lowest BCUT2D eigenvalue weighted by atomic mass is 9.98. The van der Waals surface area contributed by atoms with Gasteiger partial charge >= 0.3 is 0 Å². The van der Waals surface area contributed by atoms with Gasteiger partial charge in [-0.25, -0.2) is 0 Å². The van der Waals surface area contributed by atoms with Crippen molar-refractivity contribution in [2.24, 2.45) is 5.92 Å². The van der Waals surface area contributed by atoms with Gasteiger partial charge in [0.05, 0.1) is 6.10 Å². The number of aliphatic hydroxyl groups is 1. The molecule has 0 saturated heterocycles. The molecule has 0 aliphatic heterocycles. The lowest BCUT2D eigenvalue weighted by Gasteiger charge is -2.14. The summed E-state index contributed by atoms with van der Waals surface area (Å²) < 4.78 is 0. The summed E-state index contributed by atoms with van der Waals surface area (Å²) in [6.45, 7) is 7.97. The van der Waals surface area contributed by atoms with Gasteiger partial charge in [-0.3, -0.25) is 0 Å². The Bertz CT molecular complexity index is 142. The highest BCUT2D eigenvalue weighted by atomic mass is 16.3. The topological polar surface area (TPSA) is 20.2 Å². The van der Waals surface area contributed by atoms with Crippen LogP contribution in [0.5, 0.6) is 0 Å². The Balaban J connectivity index is 3.19. The molecule has 0 fully saturated rings. The van der Waals surface area contributed by atoms with Gasteiger partial charge in [0.25, 0.3) is 0 Å². The van der Waals surface area contributed by atoms with E-state index in [1.807, 2.05) is 13.0 Å². The fourth-order valence-corrected chi connectivity index (χ4v) is 1.73. The van der Waals surface area contributed by atoms with Crippen molar-refractivity contribution in [1.82, 2.24) is 0 Å². The van der Waals surface area contributed by atoms with Gasteiger partial charge in [0.15, 0.2) is 0 Å². The van der Waals surface area contributed by atoms with Crippen LogP contribution in [0.4, 0.5) is 0 Å². The molecule has 1 nitrogen and oxygen atoms in total. The third-order valence-electron chi connectivity index (χ3n) is 3.08. The SMILES string of the molecule is C=C[C@H](C)[C@H](O)CCCCCCCCC. The minimum absolute atomic E-state index is 0.182. The second-order valence-corrected chi connectivity index (χ2v) is 4.57. The summed E-state index contributed by atoms with van der Waals surface area (Å²) in [5.74, 6) is 0.241. The van der Waals surface area contributed by atoms with E-state index in [-0.39, 0.29) is 12.0 Å². The number of aliphatic hydroxyl groups excluding tert-OH is 1. The number of unbranched alkanes of at least 4 members (excludes halogenated alkanes) is 6. The molecule has 0 amide bonds. The van der Waals surface area contributed by atoms with Crippen LogP contribution >= 0.6 is 0 Å². The Kier molecular flexibility index (Phi) is 10.0. The van der Waals surface area contributed by atoms with Crippen LogP contribution < -0.4 is 0 Å². The third-order valence-corrected chi connectivity index (χ3v) is 3.08. The second kappa shape index (κ2) is 10.2. The average Bonchev–Trinajstić information content (AvgIpc) is 2.26. The normalized spacial score (nSPS) is 14.9. The summed E-state index contributed by atoms with van der Waals surface area (Å²) >= 11 is 0. The highest BCUT2D eigenvalue weighted by Crippen LogP contribution is 2.14. The molecule has 0 aliphatic rings. The number of hydrogen-bond donors (Lipinski definition) is 1. The standard InChI is InChI=1S/C14H28O/c1-4-6-7-8-9-10-11-12-14(15)13(3)5-2/h5,13-15H,2,4,6-12H2,1,3H3/t13-,14+/m0/s1. The first-order valence-electron chi connectivity index (χ1n) is 6.53. The fraction of sp³-hybridized carbons (Fsp3) is 0.857. The van der Waals surface area contributed by atoms with Gasteiger partial charge in [-0.05, 0) is 12.3 Å². The van der Waals surface area contributed by atoms with Gasteiger partial charge in [-0.2, -0.15) is 0 Å². The molecule has 0 spiro atoms. The molecule has 2 atom stereocenters. The molecule has 0 aliphatic carbocycles. The molecule has 0 unspecified atom stereocenters. The summed E-state index contributed by atoms with van der Waals surface area (Å²) in [5.41, 5.74) is 0. The van der Waals surface area contributed by atoms with Crippen LogP contribution in [-0.2, 0) is 0 Å². The van der Waals surface area contributed by atoms with Crippen LogP contribution in [0.3, 0.4) is 0 Å². The molecular weight excluding hydrogens is 184 g/mol. The lowest BCUT2D eigenvalue weighted by Crippen LogP contribution is -2.14. The van der Waals surface area contributed by atoms with Crippen molar-refractivity contribution in [2.45, 2.75) is 71.3 Å². The van der Waals surface area contributed by atoms with E-state index in [9.17, 15) is 5.11 Å². The number of hydrogen-bond acceptors (Lipinski definition) is 1. The molecule has 15 heavy (non-hydrogen) atoms. The third kappa shape index (κ3) is 8.68. The van der Waals surface area contributed by atoms with Gasteiger partial charge in [0, 0.05) is 0 Å². The molecule has 1 N–H and O–H groups in total. The van der Waals surface area contributed by atoms with E-state index in [2.05, 4.69) is 13.5 Å². The van der Waals surface area contributed by atoms with E-state index >= 15 is 0 Å². The van der Waals surface area contributed by atoms with Gasteiger partial charge < -0.3 is 5.11 Å². The Morgan fingerprint density at radius 3 is 2.13 bits per heavy atom. The van der Waals surface area contributed by atoms with E-state index in [1.54, 1.807) is 0 Å². The molecule has 0 bridgehead atoms. The van der Waals surface area contributed by atoms with Gasteiger partial charge in [-0.15, -0.1) is 6.58 Å². The average molecular weight is 212 g/mol. The quantitative estimate of drug-likeness (QED) is 0.422. The zero-order valence-corrected chi connectivity index (χ0v) is 10.5. The van der Waals surface area contributed by atoms with Crippen molar-refractivity contribution in [2.75, 3.05) is 0 Å². The van der Waals surface area contributed by atoms with Gasteiger partial charge in [0.2, 0.25) is 0 Å². The van der Waals surface area contributed by atoms with E-state index in [1.165, 1.54) is 38.5 Å². The highest BCUT2D eigenvalue weighted by Gasteiger charge is 2.09. The Hall–Kier alpha value is -0.300. The maximum atomic E-state index is 9.69. The second-order valence-electron chi connectivity index (χ2n) is 4.57.